The van der Waals surface area contributed by atoms with Crippen molar-refractivity contribution in [2.75, 3.05) is 20.1 Å². The highest BCUT2D eigenvalue weighted by Gasteiger charge is 2.17. The van der Waals surface area contributed by atoms with Crippen LogP contribution in [0.25, 0.3) is 0 Å². The lowest BCUT2D eigenvalue weighted by Gasteiger charge is -2.29. The van der Waals surface area contributed by atoms with Gasteiger partial charge in [0.15, 0.2) is 0 Å². The van der Waals surface area contributed by atoms with Gasteiger partial charge in [0.2, 0.25) is 0 Å². The number of halogens is 1. The van der Waals surface area contributed by atoms with Crippen molar-refractivity contribution in [2.24, 2.45) is 0 Å². The molecule has 0 atom stereocenters. The van der Waals surface area contributed by atoms with Gasteiger partial charge in [0, 0.05) is 12.2 Å². The van der Waals surface area contributed by atoms with Gasteiger partial charge < -0.3 is 9.47 Å². The Morgan fingerprint density at radius 2 is 2.15 bits per heavy atom. The molecule has 1 aliphatic rings. The summed E-state index contributed by atoms with van der Waals surface area (Å²) in [4.78, 5) is 6.55. The van der Waals surface area contributed by atoms with Crippen molar-refractivity contribution in [1.82, 2.24) is 14.5 Å². The minimum absolute atomic E-state index is 0.648. The summed E-state index contributed by atoms with van der Waals surface area (Å²) in [5, 5.41) is 0. The number of piperidine rings is 1. The number of imidazole rings is 1. The van der Waals surface area contributed by atoms with Gasteiger partial charge in [0.05, 0.1) is 6.33 Å². The van der Waals surface area contributed by atoms with Crippen LogP contribution in [0.5, 0.6) is 0 Å². The maximum Gasteiger partial charge on any atom is 0.124 e. The van der Waals surface area contributed by atoms with E-state index in [2.05, 4.69) is 43.6 Å². The molecule has 0 saturated carbocycles. The van der Waals surface area contributed by atoms with E-state index in [0.717, 1.165) is 4.60 Å². The van der Waals surface area contributed by atoms with Gasteiger partial charge in [-0.3, -0.25) is 0 Å². The Morgan fingerprint density at radius 1 is 1.46 bits per heavy atom. The van der Waals surface area contributed by atoms with Crippen LogP contribution in [-0.4, -0.2) is 34.6 Å². The smallest absolute Gasteiger partial charge is 0.124 e. The maximum atomic E-state index is 4.18. The molecule has 0 unspecified atom stereocenters. The van der Waals surface area contributed by atoms with Crippen molar-refractivity contribution >= 4 is 15.9 Å². The Kier molecular flexibility index (Phi) is 2.69. The second-order valence-electron chi connectivity index (χ2n) is 3.68. The molecule has 2 rings (SSSR count). The number of likely N-dealkylation sites (tertiary alicyclic amines) is 1. The van der Waals surface area contributed by atoms with Crippen molar-refractivity contribution in [3.63, 3.8) is 0 Å². The molecule has 0 spiro atoms. The summed E-state index contributed by atoms with van der Waals surface area (Å²) in [6.07, 6.45) is 6.45. The molecular formula is C9H14BrN3. The molecule has 1 aliphatic heterocycles. The summed E-state index contributed by atoms with van der Waals surface area (Å²) in [6.45, 7) is 2.39. The number of aromatic nitrogens is 2. The van der Waals surface area contributed by atoms with Gasteiger partial charge in [-0.25, -0.2) is 4.98 Å². The van der Waals surface area contributed by atoms with Crippen LogP contribution in [0.2, 0.25) is 0 Å². The molecule has 0 aliphatic carbocycles. The van der Waals surface area contributed by atoms with Crippen molar-refractivity contribution < 1.29 is 0 Å². The summed E-state index contributed by atoms with van der Waals surface area (Å²) >= 11 is 3.37. The Bertz CT molecular complexity index is 276. The summed E-state index contributed by atoms with van der Waals surface area (Å²) in [6, 6.07) is 0.648. The van der Waals surface area contributed by atoms with Crippen LogP contribution in [0.4, 0.5) is 0 Å². The molecule has 13 heavy (non-hydrogen) atoms. The summed E-state index contributed by atoms with van der Waals surface area (Å²) in [5.41, 5.74) is 0. The van der Waals surface area contributed by atoms with Gasteiger partial charge in [0.1, 0.15) is 4.60 Å². The van der Waals surface area contributed by atoms with Crippen molar-refractivity contribution in [3.05, 3.63) is 17.1 Å². The fraction of sp³-hybridized carbons (Fsp3) is 0.667. The zero-order valence-corrected chi connectivity index (χ0v) is 9.37. The molecule has 4 heteroatoms. The quantitative estimate of drug-likeness (QED) is 0.752. The van der Waals surface area contributed by atoms with Crippen molar-refractivity contribution in [3.8, 4) is 0 Å². The first-order valence-corrected chi connectivity index (χ1v) is 5.42. The van der Waals surface area contributed by atoms with Crippen LogP contribution in [0.15, 0.2) is 17.1 Å². The number of hydrogen-bond donors (Lipinski definition) is 0. The van der Waals surface area contributed by atoms with E-state index in [1.165, 1.54) is 25.9 Å². The Morgan fingerprint density at radius 3 is 2.69 bits per heavy atom. The molecule has 0 radical (unpaired) electrons. The van der Waals surface area contributed by atoms with E-state index in [9.17, 15) is 0 Å². The average Bonchev–Trinajstić information content (AvgIpc) is 2.53. The predicted molar refractivity (Wildman–Crippen MR) is 55.7 cm³/mol. The molecular weight excluding hydrogens is 230 g/mol. The zero-order chi connectivity index (χ0) is 9.26. The SMILES string of the molecule is CN1CCC(n2cnc(Br)c2)CC1. The topological polar surface area (TPSA) is 21.1 Å². The van der Waals surface area contributed by atoms with E-state index >= 15 is 0 Å². The largest absolute Gasteiger partial charge is 0.333 e. The first-order chi connectivity index (χ1) is 6.25. The monoisotopic (exact) mass is 243 g/mol. The highest BCUT2D eigenvalue weighted by Crippen LogP contribution is 2.22. The molecule has 0 N–H and O–H groups in total. The minimum Gasteiger partial charge on any atom is -0.333 e. The van der Waals surface area contributed by atoms with Gasteiger partial charge in [-0.05, 0) is 48.9 Å². The minimum atomic E-state index is 0.648. The lowest BCUT2D eigenvalue weighted by molar-refractivity contribution is 0.221. The van der Waals surface area contributed by atoms with Crippen LogP contribution in [0, 0.1) is 0 Å². The lowest BCUT2D eigenvalue weighted by Crippen LogP contribution is -2.31. The maximum absolute atomic E-state index is 4.18. The predicted octanol–water partition coefficient (Wildman–Crippen LogP) is 1.91. The van der Waals surface area contributed by atoms with Crippen LogP contribution < -0.4 is 0 Å². The number of hydrogen-bond acceptors (Lipinski definition) is 2. The van der Waals surface area contributed by atoms with E-state index < -0.39 is 0 Å². The first kappa shape index (κ1) is 9.21. The normalized spacial score (nSPS) is 20.8. The Labute approximate surface area is 86.9 Å². The fourth-order valence-electron chi connectivity index (χ4n) is 1.80. The zero-order valence-electron chi connectivity index (χ0n) is 7.78. The van der Waals surface area contributed by atoms with E-state index in [-0.39, 0.29) is 0 Å². The van der Waals surface area contributed by atoms with E-state index in [0.29, 0.717) is 6.04 Å². The molecule has 0 aromatic carbocycles. The number of nitrogens with zero attached hydrogens (tertiary/aromatic N) is 3. The third-order valence-electron chi connectivity index (χ3n) is 2.68. The van der Waals surface area contributed by atoms with E-state index in [1.54, 1.807) is 0 Å². The molecule has 2 heterocycles. The summed E-state index contributed by atoms with van der Waals surface area (Å²) < 4.78 is 3.16. The molecule has 0 bridgehead atoms. The average molecular weight is 244 g/mol. The van der Waals surface area contributed by atoms with Gasteiger partial charge in [-0.1, -0.05) is 0 Å². The summed E-state index contributed by atoms with van der Waals surface area (Å²) in [5.74, 6) is 0. The molecule has 1 aromatic heterocycles. The highest BCUT2D eigenvalue weighted by molar-refractivity contribution is 9.10. The van der Waals surface area contributed by atoms with Crippen molar-refractivity contribution in [2.45, 2.75) is 18.9 Å². The third kappa shape index (κ3) is 2.11. The first-order valence-electron chi connectivity index (χ1n) is 4.63. The standard InChI is InChI=1S/C9H14BrN3/c1-12-4-2-8(3-5-12)13-6-9(10)11-7-13/h6-8H,2-5H2,1H3. The van der Waals surface area contributed by atoms with Crippen LogP contribution in [0.3, 0.4) is 0 Å². The molecule has 0 amide bonds. The summed E-state index contributed by atoms with van der Waals surface area (Å²) in [7, 11) is 2.18. The molecule has 1 aromatic rings. The van der Waals surface area contributed by atoms with Crippen LogP contribution >= 0.6 is 15.9 Å². The highest BCUT2D eigenvalue weighted by atomic mass is 79.9. The van der Waals surface area contributed by atoms with Gasteiger partial charge in [-0.2, -0.15) is 0 Å². The number of rotatable bonds is 1. The fourth-order valence-corrected chi connectivity index (χ4v) is 2.13. The van der Waals surface area contributed by atoms with E-state index in [4.69, 9.17) is 0 Å². The van der Waals surface area contributed by atoms with Gasteiger partial charge in [0.25, 0.3) is 0 Å². The third-order valence-corrected chi connectivity index (χ3v) is 3.09. The molecule has 1 fully saturated rings. The van der Waals surface area contributed by atoms with E-state index in [1.807, 2.05) is 6.33 Å². The van der Waals surface area contributed by atoms with Crippen molar-refractivity contribution in [1.29, 1.82) is 0 Å². The Balaban J connectivity index is 2.02. The molecule has 1 saturated heterocycles. The van der Waals surface area contributed by atoms with Crippen LogP contribution in [-0.2, 0) is 0 Å². The van der Waals surface area contributed by atoms with Crippen LogP contribution in [0.1, 0.15) is 18.9 Å². The van der Waals surface area contributed by atoms with Gasteiger partial charge in [-0.15, -0.1) is 0 Å². The molecule has 72 valence electrons. The second kappa shape index (κ2) is 3.80. The lowest BCUT2D eigenvalue weighted by atomic mass is 10.1. The Hall–Kier alpha value is -0.350. The second-order valence-corrected chi connectivity index (χ2v) is 4.49. The van der Waals surface area contributed by atoms with Gasteiger partial charge >= 0.3 is 0 Å². The molecule has 3 nitrogen and oxygen atoms in total.